The normalized spacial score (nSPS) is 32.4. The zero-order chi connectivity index (χ0) is 18.8. The van der Waals surface area contributed by atoms with E-state index in [0.717, 1.165) is 23.5 Å². The van der Waals surface area contributed by atoms with E-state index < -0.39 is 30.3 Å². The number of pyridine rings is 1. The van der Waals surface area contributed by atoms with Gasteiger partial charge in [-0.3, -0.25) is 0 Å². The lowest BCUT2D eigenvalue weighted by Gasteiger charge is -2.38. The zero-order valence-electron chi connectivity index (χ0n) is 15.1. The van der Waals surface area contributed by atoms with E-state index >= 15 is 0 Å². The average molecular weight is 372 g/mol. The number of nitrogens with one attached hydrogen (secondary N) is 1. The molecule has 2 fully saturated rings. The van der Waals surface area contributed by atoms with Crippen LogP contribution in [0.5, 0.6) is 0 Å². The van der Waals surface area contributed by atoms with Gasteiger partial charge in [0.05, 0.1) is 12.6 Å². The van der Waals surface area contributed by atoms with Gasteiger partial charge in [-0.25, -0.2) is 4.98 Å². The fraction of sp³-hybridized carbons (Fsp3) is 0.476. The second-order valence-corrected chi connectivity index (χ2v) is 7.55. The Bertz CT molecular complexity index is 772. The molecule has 0 amide bonds. The minimum Gasteiger partial charge on any atom is -0.388 e. The number of anilines is 1. The molecule has 1 saturated heterocycles. The smallest absolute Gasteiger partial charge is 0.214 e. The van der Waals surface area contributed by atoms with E-state index in [-0.39, 0.29) is 6.61 Å². The average Bonchev–Trinajstić information content (AvgIpc) is 3.06. The number of aliphatic hydroxyl groups is 2. The number of ether oxygens (including phenoxy) is 1. The summed E-state index contributed by atoms with van der Waals surface area (Å²) in [5.74, 6) is 0.506. The van der Waals surface area contributed by atoms with Crippen LogP contribution >= 0.6 is 0 Å². The molecule has 0 unspecified atom stereocenters. The molecule has 1 aromatic rings. The molecule has 144 valence electrons. The summed E-state index contributed by atoms with van der Waals surface area (Å²) in [6, 6.07) is 3.82. The van der Waals surface area contributed by atoms with Crippen LogP contribution in [0.3, 0.4) is 0 Å². The van der Waals surface area contributed by atoms with Crippen molar-refractivity contribution in [3.05, 3.63) is 59.6 Å². The van der Waals surface area contributed by atoms with E-state index in [1.807, 2.05) is 18.2 Å². The van der Waals surface area contributed by atoms with Crippen molar-refractivity contribution in [1.29, 1.82) is 0 Å². The van der Waals surface area contributed by atoms with E-state index in [4.69, 9.17) is 4.74 Å². The number of halogens is 1. The van der Waals surface area contributed by atoms with Crippen molar-refractivity contribution < 1.29 is 19.3 Å². The molecule has 4 atom stereocenters. The highest BCUT2D eigenvalue weighted by Crippen LogP contribution is 2.32. The summed E-state index contributed by atoms with van der Waals surface area (Å²) in [5, 5.41) is 24.0. The van der Waals surface area contributed by atoms with Gasteiger partial charge < -0.3 is 20.3 Å². The van der Waals surface area contributed by atoms with Crippen LogP contribution in [0.1, 0.15) is 25.7 Å². The molecular weight excluding hydrogens is 347 g/mol. The van der Waals surface area contributed by atoms with Crippen LogP contribution in [0.15, 0.2) is 53.6 Å². The van der Waals surface area contributed by atoms with Gasteiger partial charge >= 0.3 is 0 Å². The van der Waals surface area contributed by atoms with Crippen LogP contribution in [0.25, 0.3) is 0 Å². The Hall–Kier alpha value is -2.02. The number of nitrogens with zero attached hydrogens (tertiary/aromatic N) is 1. The Kier molecular flexibility index (Phi) is 5.38. The molecule has 0 aromatic carbocycles. The maximum atomic E-state index is 13.2. The monoisotopic (exact) mass is 372 g/mol. The van der Waals surface area contributed by atoms with Crippen molar-refractivity contribution in [2.24, 2.45) is 5.92 Å². The van der Waals surface area contributed by atoms with E-state index in [9.17, 15) is 14.6 Å². The number of aliphatic hydroxyl groups excluding tert-OH is 2. The van der Waals surface area contributed by atoms with Crippen LogP contribution in [-0.2, 0) is 4.74 Å². The molecular formula is C21H25FN2O3. The van der Waals surface area contributed by atoms with Crippen LogP contribution < -0.4 is 5.32 Å². The maximum Gasteiger partial charge on any atom is 0.214 e. The van der Waals surface area contributed by atoms with Crippen molar-refractivity contribution in [3.63, 3.8) is 0 Å². The third-order valence-electron chi connectivity index (χ3n) is 5.62. The van der Waals surface area contributed by atoms with Crippen molar-refractivity contribution in [1.82, 2.24) is 4.98 Å². The third-order valence-corrected chi connectivity index (χ3v) is 5.62. The van der Waals surface area contributed by atoms with Crippen LogP contribution in [0.4, 0.5) is 10.2 Å². The topological polar surface area (TPSA) is 74.6 Å². The highest BCUT2D eigenvalue weighted by Gasteiger charge is 2.40. The van der Waals surface area contributed by atoms with Gasteiger partial charge in [-0.05, 0) is 41.7 Å². The first-order chi connectivity index (χ1) is 13.1. The fourth-order valence-electron chi connectivity index (χ4n) is 3.74. The molecule has 5 nitrogen and oxygen atoms in total. The van der Waals surface area contributed by atoms with Gasteiger partial charge in [0.2, 0.25) is 5.95 Å². The Morgan fingerprint density at radius 3 is 2.81 bits per heavy atom. The molecule has 3 N–H and O–H groups in total. The van der Waals surface area contributed by atoms with Crippen molar-refractivity contribution in [2.45, 2.75) is 50.0 Å². The minimum absolute atomic E-state index is 0.188. The molecule has 1 aromatic heterocycles. The zero-order valence-corrected chi connectivity index (χ0v) is 15.1. The summed E-state index contributed by atoms with van der Waals surface area (Å²) in [6.45, 7) is 0.188. The molecule has 3 aliphatic rings. The second-order valence-electron chi connectivity index (χ2n) is 7.55. The van der Waals surface area contributed by atoms with E-state index in [1.54, 1.807) is 6.07 Å². The minimum atomic E-state index is -1.08. The van der Waals surface area contributed by atoms with Crippen molar-refractivity contribution >= 4 is 5.82 Å². The molecule has 0 spiro atoms. The lowest BCUT2D eigenvalue weighted by atomic mass is 9.82. The predicted octanol–water partition coefficient (Wildman–Crippen LogP) is 2.73. The Morgan fingerprint density at radius 2 is 2.07 bits per heavy atom. The van der Waals surface area contributed by atoms with Gasteiger partial charge in [0.25, 0.3) is 0 Å². The largest absolute Gasteiger partial charge is 0.388 e. The highest BCUT2D eigenvalue weighted by atomic mass is 19.1. The summed E-state index contributed by atoms with van der Waals surface area (Å²) in [7, 11) is 0. The molecule has 2 heterocycles. The van der Waals surface area contributed by atoms with Crippen molar-refractivity contribution in [2.75, 3.05) is 11.9 Å². The number of rotatable bonds is 5. The molecule has 6 heteroatoms. The molecule has 0 radical (unpaired) electrons. The van der Waals surface area contributed by atoms with Gasteiger partial charge in [0.15, 0.2) is 0 Å². The van der Waals surface area contributed by atoms with Gasteiger partial charge in [-0.1, -0.05) is 43.6 Å². The number of hydrogen-bond donors (Lipinski definition) is 3. The quantitative estimate of drug-likeness (QED) is 0.693. The maximum absolute atomic E-state index is 13.2. The molecule has 1 aliphatic heterocycles. The SMILES string of the molecule is O[C@@H]1[C@H](O)[C@@H](Nc2cccc(F)n2)CO[C@@H]1C1=C/C(=C\CC2CCC2)C=C1. The predicted molar refractivity (Wildman–Crippen MR) is 101 cm³/mol. The first-order valence-corrected chi connectivity index (χ1v) is 9.57. The number of aromatic nitrogens is 1. The van der Waals surface area contributed by atoms with Gasteiger partial charge in [-0.2, -0.15) is 4.39 Å². The van der Waals surface area contributed by atoms with Crippen LogP contribution in [0.2, 0.25) is 0 Å². The van der Waals surface area contributed by atoms with Gasteiger partial charge in [0.1, 0.15) is 24.1 Å². The van der Waals surface area contributed by atoms with E-state index in [2.05, 4.69) is 16.4 Å². The van der Waals surface area contributed by atoms with E-state index in [0.29, 0.717) is 5.82 Å². The highest BCUT2D eigenvalue weighted by molar-refractivity contribution is 5.48. The van der Waals surface area contributed by atoms with Gasteiger partial charge in [-0.15, -0.1) is 0 Å². The summed E-state index contributed by atoms with van der Waals surface area (Å²) < 4.78 is 19.0. The third kappa shape index (κ3) is 4.13. The summed E-state index contributed by atoms with van der Waals surface area (Å²) in [4.78, 5) is 3.72. The van der Waals surface area contributed by atoms with Crippen LogP contribution in [0, 0.1) is 11.9 Å². The number of allylic oxidation sites excluding steroid dienone is 4. The molecule has 1 saturated carbocycles. The van der Waals surface area contributed by atoms with Crippen molar-refractivity contribution in [3.8, 4) is 0 Å². The number of hydrogen-bond acceptors (Lipinski definition) is 5. The summed E-state index contributed by atoms with van der Waals surface area (Å²) >= 11 is 0. The molecule has 4 rings (SSSR count). The van der Waals surface area contributed by atoms with Gasteiger partial charge in [0, 0.05) is 0 Å². The first-order valence-electron chi connectivity index (χ1n) is 9.57. The van der Waals surface area contributed by atoms with E-state index in [1.165, 1.54) is 31.4 Å². The standard InChI is InChI=1S/C21H25FN2O3/c22-17-5-2-6-18(24-17)23-16-12-27-21(20(26)19(16)25)15-10-9-14(11-15)8-7-13-3-1-4-13/h2,5-6,8-11,13,16,19-21,25-26H,1,3-4,7,12H2,(H,23,24)/b14-8-/t16-,19+,20+,21+/m0/s1. The molecule has 2 aliphatic carbocycles. The summed E-state index contributed by atoms with van der Waals surface area (Å²) in [6.07, 6.45) is 10.6. The fourth-order valence-corrected chi connectivity index (χ4v) is 3.74. The first kappa shape index (κ1) is 18.3. The molecule has 0 bridgehead atoms. The lowest BCUT2D eigenvalue weighted by molar-refractivity contribution is -0.125. The second kappa shape index (κ2) is 7.92. The Balaban J connectivity index is 1.38. The summed E-state index contributed by atoms with van der Waals surface area (Å²) in [5.41, 5.74) is 2.00. The molecule has 27 heavy (non-hydrogen) atoms. The Morgan fingerprint density at radius 1 is 1.22 bits per heavy atom. The lowest BCUT2D eigenvalue weighted by Crippen LogP contribution is -2.56. The Labute approximate surface area is 158 Å². The van der Waals surface area contributed by atoms with Crippen LogP contribution in [-0.4, -0.2) is 46.2 Å².